The summed E-state index contributed by atoms with van der Waals surface area (Å²) in [7, 11) is -3.30. The molecule has 72 valence electrons. The first-order chi connectivity index (χ1) is 5.88. The third kappa shape index (κ3) is 3.36. The highest BCUT2D eigenvalue weighted by Crippen LogP contribution is 2.26. The van der Waals surface area contributed by atoms with Crippen molar-refractivity contribution in [2.75, 3.05) is 6.26 Å². The Morgan fingerprint density at radius 1 is 1.38 bits per heavy atom. The molecule has 0 heterocycles. The second-order valence-electron chi connectivity index (χ2n) is 2.76. The molecule has 0 N–H and O–H groups in total. The van der Waals surface area contributed by atoms with Gasteiger partial charge in [-0.15, -0.1) is 5.69 Å². The van der Waals surface area contributed by atoms with E-state index in [1.807, 2.05) is 6.92 Å². The zero-order chi connectivity index (χ0) is 10.1. The fourth-order valence-corrected chi connectivity index (χ4v) is 1.62. The van der Waals surface area contributed by atoms with Gasteiger partial charge >= 0.3 is 0 Å². The zero-order valence-corrected chi connectivity index (χ0v) is 9.68. The largest absolute Gasteiger partial charge is 0.577 e. The van der Waals surface area contributed by atoms with Gasteiger partial charge in [0.15, 0.2) is 0 Å². The summed E-state index contributed by atoms with van der Waals surface area (Å²) in [6, 6.07) is 5.14. The smallest absolute Gasteiger partial charge is 0.0908 e. The maximum atomic E-state index is 10.8. The highest BCUT2D eigenvalue weighted by atomic mass is 79.9. The van der Waals surface area contributed by atoms with E-state index in [-0.39, 0.29) is 0 Å². The molecule has 0 unspecified atom stereocenters. The number of benzene rings is 1. The van der Waals surface area contributed by atoms with Gasteiger partial charge in [0.1, 0.15) is 0 Å². The van der Waals surface area contributed by atoms with E-state index in [1.165, 1.54) is 0 Å². The quantitative estimate of drug-likeness (QED) is 0.823. The second kappa shape index (κ2) is 3.67. The Morgan fingerprint density at radius 2 is 2.00 bits per heavy atom. The van der Waals surface area contributed by atoms with Crippen LogP contribution in [0.25, 0.3) is 4.72 Å². The highest BCUT2D eigenvalue weighted by Gasteiger charge is 1.93. The Bertz CT molecular complexity index is 414. The van der Waals surface area contributed by atoms with Crippen molar-refractivity contribution in [3.63, 3.8) is 0 Å². The van der Waals surface area contributed by atoms with Crippen molar-refractivity contribution in [3.8, 4) is 0 Å². The van der Waals surface area contributed by atoms with Gasteiger partial charge in [-0.2, -0.15) is 0 Å². The minimum absolute atomic E-state index is 0.461. The monoisotopic (exact) mass is 262 g/mol. The van der Waals surface area contributed by atoms with E-state index in [2.05, 4.69) is 20.7 Å². The molecule has 1 rings (SSSR count). The summed E-state index contributed by atoms with van der Waals surface area (Å²) in [6.45, 7) is 1.88. The van der Waals surface area contributed by atoms with Gasteiger partial charge in [0.05, 0.1) is 10.0 Å². The van der Waals surface area contributed by atoms with Crippen molar-refractivity contribution in [2.24, 2.45) is 0 Å². The average molecular weight is 263 g/mol. The molecule has 0 bridgehead atoms. The molecule has 3 nitrogen and oxygen atoms in total. The van der Waals surface area contributed by atoms with E-state index in [1.54, 1.807) is 18.2 Å². The Balaban J connectivity index is 2.99. The van der Waals surface area contributed by atoms with E-state index in [0.29, 0.717) is 5.69 Å². The molecule has 0 atom stereocenters. The van der Waals surface area contributed by atoms with Crippen LogP contribution in [-0.4, -0.2) is 14.7 Å². The maximum absolute atomic E-state index is 10.8. The molecule has 5 heteroatoms. The van der Waals surface area contributed by atoms with Crippen LogP contribution < -0.4 is 0 Å². The Labute approximate surface area is 86.3 Å². The zero-order valence-electron chi connectivity index (χ0n) is 7.28. The minimum atomic E-state index is -3.30. The van der Waals surface area contributed by atoms with Gasteiger partial charge in [-0.3, -0.25) is 0 Å². The standard InChI is InChI=1S/C8H9BrNO2S/c1-6-5-7(3-4-8(6)9)10-13(2,11)12/h3-5H,1-2H3/q-1. The molecule has 0 aliphatic carbocycles. The van der Waals surface area contributed by atoms with Crippen LogP contribution in [0.3, 0.4) is 0 Å². The van der Waals surface area contributed by atoms with Crippen LogP contribution in [0.1, 0.15) is 5.56 Å². The molecule has 1 aromatic carbocycles. The molecule has 0 spiro atoms. The van der Waals surface area contributed by atoms with Crippen LogP contribution in [0.2, 0.25) is 0 Å². The summed E-state index contributed by atoms with van der Waals surface area (Å²) >= 11 is 3.32. The predicted octanol–water partition coefficient (Wildman–Crippen LogP) is 2.72. The summed E-state index contributed by atoms with van der Waals surface area (Å²) in [5, 5.41) is 0. The number of nitrogens with zero attached hydrogens (tertiary/aromatic N) is 1. The molecule has 0 amide bonds. The molecule has 0 radical (unpaired) electrons. The molecule has 0 saturated carbocycles. The van der Waals surface area contributed by atoms with Gasteiger partial charge in [-0.1, -0.05) is 28.1 Å². The third-order valence-corrected chi connectivity index (χ3v) is 2.84. The lowest BCUT2D eigenvalue weighted by Gasteiger charge is -2.19. The molecule has 0 aliphatic heterocycles. The van der Waals surface area contributed by atoms with E-state index >= 15 is 0 Å². The number of rotatable bonds is 2. The molecule has 1 aromatic rings. The van der Waals surface area contributed by atoms with E-state index in [0.717, 1.165) is 16.3 Å². The molecule has 13 heavy (non-hydrogen) atoms. The molecular weight excluding hydrogens is 254 g/mol. The molecule has 0 saturated heterocycles. The van der Waals surface area contributed by atoms with Gasteiger partial charge in [0.2, 0.25) is 0 Å². The fraction of sp³-hybridized carbons (Fsp3) is 0.250. The van der Waals surface area contributed by atoms with Gasteiger partial charge in [0.25, 0.3) is 0 Å². The van der Waals surface area contributed by atoms with Crippen LogP contribution in [0.5, 0.6) is 0 Å². The number of sulfonamides is 1. The van der Waals surface area contributed by atoms with Crippen molar-refractivity contribution in [1.82, 2.24) is 0 Å². The lowest BCUT2D eigenvalue weighted by molar-refractivity contribution is 0.609. The second-order valence-corrected chi connectivity index (χ2v) is 5.26. The third-order valence-electron chi connectivity index (χ3n) is 1.41. The van der Waals surface area contributed by atoms with Gasteiger partial charge in [0, 0.05) is 10.7 Å². The molecular formula is C8H9BrNO2S-. The molecule has 0 aromatic heterocycles. The number of hydrogen-bond acceptors (Lipinski definition) is 2. The van der Waals surface area contributed by atoms with Crippen LogP contribution in [-0.2, 0) is 10.0 Å². The lowest BCUT2D eigenvalue weighted by Crippen LogP contribution is -1.90. The first-order valence-corrected chi connectivity index (χ1v) is 6.22. The predicted molar refractivity (Wildman–Crippen MR) is 56.7 cm³/mol. The number of halogens is 1. The van der Waals surface area contributed by atoms with Crippen molar-refractivity contribution in [2.45, 2.75) is 6.92 Å². The summed E-state index contributed by atoms with van der Waals surface area (Å²) < 4.78 is 26.1. The van der Waals surface area contributed by atoms with Crippen LogP contribution in [0.15, 0.2) is 22.7 Å². The van der Waals surface area contributed by atoms with Crippen LogP contribution in [0.4, 0.5) is 5.69 Å². The minimum Gasteiger partial charge on any atom is -0.577 e. The van der Waals surface area contributed by atoms with Crippen molar-refractivity contribution < 1.29 is 8.42 Å². The van der Waals surface area contributed by atoms with Crippen LogP contribution in [0, 0.1) is 6.92 Å². The summed E-state index contributed by atoms with van der Waals surface area (Å²) in [5.74, 6) is 0. The fourth-order valence-electron chi connectivity index (χ4n) is 0.877. The number of aryl methyl sites for hydroxylation is 1. The normalized spacial score (nSPS) is 11.3. The van der Waals surface area contributed by atoms with E-state index in [4.69, 9.17) is 0 Å². The summed E-state index contributed by atoms with van der Waals surface area (Å²) in [4.78, 5) is 0. The summed E-state index contributed by atoms with van der Waals surface area (Å²) in [6.07, 6.45) is 1.07. The van der Waals surface area contributed by atoms with Gasteiger partial charge < -0.3 is 4.72 Å². The first-order valence-electron chi connectivity index (χ1n) is 3.57. The first kappa shape index (κ1) is 10.5. The lowest BCUT2D eigenvalue weighted by atomic mass is 10.2. The van der Waals surface area contributed by atoms with E-state index in [9.17, 15) is 8.42 Å². The Hall–Kier alpha value is -0.550. The van der Waals surface area contributed by atoms with Gasteiger partial charge in [-0.25, -0.2) is 8.42 Å². The molecule has 0 aliphatic rings. The maximum Gasteiger partial charge on any atom is 0.0908 e. The Morgan fingerprint density at radius 3 is 2.46 bits per heavy atom. The average Bonchev–Trinajstić information content (AvgIpc) is 1.94. The van der Waals surface area contributed by atoms with Gasteiger partial charge in [-0.05, 0) is 18.6 Å². The molecule has 0 fully saturated rings. The van der Waals surface area contributed by atoms with Crippen molar-refractivity contribution in [3.05, 3.63) is 33.0 Å². The van der Waals surface area contributed by atoms with Crippen molar-refractivity contribution >= 4 is 31.6 Å². The SMILES string of the molecule is Cc1cc([N-]S(C)(=O)=O)ccc1Br. The topological polar surface area (TPSA) is 48.2 Å². The number of hydrogen-bond donors (Lipinski definition) is 0. The van der Waals surface area contributed by atoms with Crippen molar-refractivity contribution in [1.29, 1.82) is 0 Å². The van der Waals surface area contributed by atoms with Crippen LogP contribution >= 0.6 is 15.9 Å². The summed E-state index contributed by atoms with van der Waals surface area (Å²) in [5.41, 5.74) is 1.42. The van der Waals surface area contributed by atoms with E-state index < -0.39 is 10.0 Å². The Kier molecular flexibility index (Phi) is 2.98. The highest BCUT2D eigenvalue weighted by molar-refractivity contribution is 9.10.